The molecule has 1 amide bonds. The van der Waals surface area contributed by atoms with Crippen molar-refractivity contribution in [3.8, 4) is 0 Å². The van der Waals surface area contributed by atoms with E-state index in [1.165, 1.54) is 21.6 Å². The van der Waals surface area contributed by atoms with Gasteiger partial charge in [-0.2, -0.15) is 0 Å². The fourth-order valence-corrected chi connectivity index (χ4v) is 5.85. The zero-order valence-corrected chi connectivity index (χ0v) is 20.1. The van der Waals surface area contributed by atoms with Gasteiger partial charge in [-0.3, -0.25) is 9.69 Å². The van der Waals surface area contributed by atoms with Crippen molar-refractivity contribution in [3.63, 3.8) is 0 Å². The number of rotatable bonds is 7. The van der Waals surface area contributed by atoms with Crippen LogP contribution in [-0.4, -0.2) is 41.9 Å². The lowest BCUT2D eigenvalue weighted by molar-refractivity contribution is -0.133. The summed E-state index contributed by atoms with van der Waals surface area (Å²) in [4.78, 5) is 19.4. The van der Waals surface area contributed by atoms with E-state index in [-0.39, 0.29) is 17.9 Å². The van der Waals surface area contributed by atoms with Gasteiger partial charge in [0.2, 0.25) is 5.91 Å². The van der Waals surface area contributed by atoms with Crippen LogP contribution in [0.5, 0.6) is 0 Å². The molecule has 1 unspecified atom stereocenters. The van der Waals surface area contributed by atoms with Gasteiger partial charge in [0, 0.05) is 43.4 Å². The predicted octanol–water partition coefficient (Wildman–Crippen LogP) is 6.20. The van der Waals surface area contributed by atoms with Crippen LogP contribution in [0.1, 0.15) is 39.9 Å². The average Bonchev–Trinajstić information content (AvgIpc) is 3.44. The molecule has 0 spiro atoms. The van der Waals surface area contributed by atoms with Crippen molar-refractivity contribution >= 4 is 17.2 Å². The van der Waals surface area contributed by atoms with Crippen molar-refractivity contribution in [2.24, 2.45) is 0 Å². The molecular formula is C30H30N2OS. The number of carbonyl (C=O) groups is 1. The lowest BCUT2D eigenvalue weighted by Crippen LogP contribution is -2.50. The van der Waals surface area contributed by atoms with Crippen LogP contribution in [0.4, 0.5) is 0 Å². The summed E-state index contributed by atoms with van der Waals surface area (Å²) in [6.07, 6.45) is 0.501. The standard InChI is InChI=1S/C30H30N2OS/c33-29(23-27(24-11-4-1-5-12-24)25-13-6-2-7-14-25)31-18-20-32(21-19-31)30(28-17-10-22-34-28)26-15-8-3-9-16-26/h1-17,22,27,30H,18-21,23H2. The number of hydrogen-bond acceptors (Lipinski definition) is 3. The Kier molecular flexibility index (Phi) is 7.18. The third kappa shape index (κ3) is 5.14. The number of thiophene rings is 1. The molecule has 1 aliphatic heterocycles. The van der Waals surface area contributed by atoms with Gasteiger partial charge in [0.05, 0.1) is 6.04 Å². The molecule has 3 nitrogen and oxygen atoms in total. The van der Waals surface area contributed by atoms with E-state index in [2.05, 4.69) is 106 Å². The Hall–Kier alpha value is -3.21. The summed E-state index contributed by atoms with van der Waals surface area (Å²) in [7, 11) is 0. The molecule has 1 aromatic heterocycles. The number of piperazine rings is 1. The van der Waals surface area contributed by atoms with Gasteiger partial charge in [0.15, 0.2) is 0 Å². The fraction of sp³-hybridized carbons (Fsp3) is 0.233. The molecule has 4 heteroatoms. The number of carbonyl (C=O) groups excluding carboxylic acids is 1. The molecule has 0 N–H and O–H groups in total. The third-order valence-corrected chi connectivity index (χ3v) is 7.67. The van der Waals surface area contributed by atoms with Crippen molar-refractivity contribution < 1.29 is 4.79 Å². The molecule has 0 aliphatic carbocycles. The highest BCUT2D eigenvalue weighted by molar-refractivity contribution is 7.10. The van der Waals surface area contributed by atoms with E-state index in [1.807, 2.05) is 23.5 Å². The first kappa shape index (κ1) is 22.6. The molecule has 0 bridgehead atoms. The first-order chi connectivity index (χ1) is 16.8. The summed E-state index contributed by atoms with van der Waals surface area (Å²) in [5.41, 5.74) is 3.71. The first-order valence-electron chi connectivity index (χ1n) is 12.0. The van der Waals surface area contributed by atoms with Gasteiger partial charge in [-0.15, -0.1) is 11.3 Å². The quantitative estimate of drug-likeness (QED) is 0.324. The van der Waals surface area contributed by atoms with Gasteiger partial charge in [-0.1, -0.05) is 97.1 Å². The highest BCUT2D eigenvalue weighted by Gasteiger charge is 2.30. The van der Waals surface area contributed by atoms with E-state index in [1.54, 1.807) is 0 Å². The second kappa shape index (κ2) is 10.8. The Labute approximate surface area is 206 Å². The first-order valence-corrected chi connectivity index (χ1v) is 12.9. The monoisotopic (exact) mass is 466 g/mol. The largest absolute Gasteiger partial charge is 0.340 e. The topological polar surface area (TPSA) is 23.6 Å². The van der Waals surface area contributed by atoms with Crippen LogP contribution in [0, 0.1) is 0 Å². The van der Waals surface area contributed by atoms with Crippen LogP contribution in [0.25, 0.3) is 0 Å². The molecular weight excluding hydrogens is 436 g/mol. The lowest BCUT2D eigenvalue weighted by atomic mass is 9.88. The van der Waals surface area contributed by atoms with Gasteiger partial charge in [-0.25, -0.2) is 0 Å². The summed E-state index contributed by atoms with van der Waals surface area (Å²) in [5.74, 6) is 0.320. The highest BCUT2D eigenvalue weighted by atomic mass is 32.1. The maximum absolute atomic E-state index is 13.4. The SMILES string of the molecule is O=C(CC(c1ccccc1)c1ccccc1)N1CCN(C(c2ccccc2)c2cccs2)CC1. The van der Waals surface area contributed by atoms with Crippen molar-refractivity contribution in [1.29, 1.82) is 0 Å². The maximum atomic E-state index is 13.4. The number of hydrogen-bond donors (Lipinski definition) is 0. The summed E-state index contributed by atoms with van der Waals surface area (Å²) in [6.45, 7) is 3.29. The molecule has 1 atom stereocenters. The normalized spacial score (nSPS) is 15.4. The molecule has 2 heterocycles. The Morgan fingerprint density at radius 3 is 1.71 bits per heavy atom. The fourth-order valence-electron chi connectivity index (χ4n) is 4.97. The number of amides is 1. The lowest BCUT2D eigenvalue weighted by Gasteiger charge is -2.39. The van der Waals surface area contributed by atoms with E-state index in [9.17, 15) is 4.79 Å². The molecule has 0 saturated carbocycles. The average molecular weight is 467 g/mol. The zero-order valence-electron chi connectivity index (χ0n) is 19.3. The maximum Gasteiger partial charge on any atom is 0.223 e. The van der Waals surface area contributed by atoms with Gasteiger partial charge in [0.1, 0.15) is 0 Å². The Morgan fingerprint density at radius 1 is 0.676 bits per heavy atom. The van der Waals surface area contributed by atoms with Crippen molar-refractivity contribution in [2.75, 3.05) is 26.2 Å². The Balaban J connectivity index is 1.29. The van der Waals surface area contributed by atoms with E-state index >= 15 is 0 Å². The predicted molar refractivity (Wildman–Crippen MR) is 140 cm³/mol. The molecule has 1 saturated heterocycles. The summed E-state index contributed by atoms with van der Waals surface area (Å²) < 4.78 is 0. The molecule has 34 heavy (non-hydrogen) atoms. The van der Waals surface area contributed by atoms with Gasteiger partial charge >= 0.3 is 0 Å². The molecule has 172 valence electrons. The highest BCUT2D eigenvalue weighted by Crippen LogP contribution is 2.33. The summed E-state index contributed by atoms with van der Waals surface area (Å²) in [5, 5.41) is 2.15. The minimum absolute atomic E-state index is 0.0797. The van der Waals surface area contributed by atoms with Crippen molar-refractivity contribution in [2.45, 2.75) is 18.4 Å². The van der Waals surface area contributed by atoms with Crippen LogP contribution in [-0.2, 0) is 4.79 Å². The molecule has 3 aromatic carbocycles. The van der Waals surface area contributed by atoms with Crippen LogP contribution in [0.15, 0.2) is 109 Å². The molecule has 0 radical (unpaired) electrons. The van der Waals surface area contributed by atoms with Gasteiger partial charge < -0.3 is 4.90 Å². The third-order valence-electron chi connectivity index (χ3n) is 6.74. The van der Waals surface area contributed by atoms with Crippen LogP contribution >= 0.6 is 11.3 Å². The number of benzene rings is 3. The summed E-state index contributed by atoms with van der Waals surface area (Å²) >= 11 is 1.81. The van der Waals surface area contributed by atoms with Gasteiger partial charge in [-0.05, 0) is 28.1 Å². The second-order valence-electron chi connectivity index (χ2n) is 8.82. The Morgan fingerprint density at radius 2 is 1.21 bits per heavy atom. The zero-order chi connectivity index (χ0) is 23.2. The smallest absolute Gasteiger partial charge is 0.223 e. The van der Waals surface area contributed by atoms with E-state index in [0.717, 1.165) is 26.2 Å². The van der Waals surface area contributed by atoms with E-state index in [4.69, 9.17) is 0 Å². The van der Waals surface area contributed by atoms with E-state index in [0.29, 0.717) is 6.42 Å². The molecule has 1 fully saturated rings. The van der Waals surface area contributed by atoms with Crippen molar-refractivity contribution in [1.82, 2.24) is 9.80 Å². The minimum atomic E-state index is 0.0797. The Bertz CT molecular complexity index is 1110. The van der Waals surface area contributed by atoms with Crippen LogP contribution in [0.3, 0.4) is 0 Å². The van der Waals surface area contributed by atoms with E-state index < -0.39 is 0 Å². The summed E-state index contributed by atoms with van der Waals surface area (Å²) in [6, 6.07) is 36.2. The van der Waals surface area contributed by atoms with Crippen LogP contribution < -0.4 is 0 Å². The van der Waals surface area contributed by atoms with Gasteiger partial charge in [0.25, 0.3) is 0 Å². The molecule has 1 aliphatic rings. The van der Waals surface area contributed by atoms with Crippen LogP contribution in [0.2, 0.25) is 0 Å². The number of nitrogens with zero attached hydrogens (tertiary/aromatic N) is 2. The second-order valence-corrected chi connectivity index (χ2v) is 9.80. The molecule has 5 rings (SSSR count). The minimum Gasteiger partial charge on any atom is -0.340 e. The van der Waals surface area contributed by atoms with Crippen molar-refractivity contribution in [3.05, 3.63) is 130 Å². The molecule has 4 aromatic rings.